The number of amides is 1. The third-order valence-corrected chi connectivity index (χ3v) is 5.40. The third-order valence-electron chi connectivity index (χ3n) is 4.29. The van der Waals surface area contributed by atoms with Gasteiger partial charge in [-0.2, -0.15) is 0 Å². The Balaban J connectivity index is 1.94. The molecule has 0 aliphatic heterocycles. The molecule has 2 aromatic heterocycles. The average Bonchev–Trinajstić information content (AvgIpc) is 3.03. The fourth-order valence-electron chi connectivity index (χ4n) is 2.94. The lowest BCUT2D eigenvalue weighted by molar-refractivity contribution is 0.103. The molecule has 0 spiro atoms. The largest absolute Gasteiger partial charge is 0.493 e. The molecule has 2 heterocycles. The van der Waals surface area contributed by atoms with Gasteiger partial charge >= 0.3 is 0 Å². The molecule has 28 heavy (non-hydrogen) atoms. The second kappa shape index (κ2) is 8.35. The Morgan fingerprint density at radius 3 is 2.39 bits per heavy atom. The van der Waals surface area contributed by atoms with Gasteiger partial charge in [-0.25, -0.2) is 4.98 Å². The smallest absolute Gasteiger partial charge is 0.267 e. The van der Waals surface area contributed by atoms with E-state index in [0.29, 0.717) is 33.5 Å². The van der Waals surface area contributed by atoms with Crippen molar-refractivity contribution in [2.45, 2.75) is 19.8 Å². The van der Waals surface area contributed by atoms with Crippen molar-refractivity contribution in [3.63, 3.8) is 0 Å². The number of aromatic nitrogens is 1. The number of hydrogen-bond donors (Lipinski definition) is 2. The fraction of sp³-hybridized carbons (Fsp3) is 0.300. The van der Waals surface area contributed by atoms with Gasteiger partial charge in [0.1, 0.15) is 9.71 Å². The van der Waals surface area contributed by atoms with Crippen molar-refractivity contribution in [2.24, 2.45) is 0 Å². The van der Waals surface area contributed by atoms with E-state index in [4.69, 9.17) is 19.9 Å². The van der Waals surface area contributed by atoms with Crippen LogP contribution in [0.2, 0.25) is 0 Å². The average molecular weight is 401 g/mol. The first-order chi connectivity index (χ1) is 13.5. The number of nitrogens with two attached hydrogens (primary N) is 1. The molecule has 0 fully saturated rings. The molecule has 7 nitrogen and oxygen atoms in total. The van der Waals surface area contributed by atoms with Crippen LogP contribution in [0.4, 0.5) is 11.4 Å². The lowest BCUT2D eigenvalue weighted by Crippen LogP contribution is -2.12. The summed E-state index contributed by atoms with van der Waals surface area (Å²) >= 11 is 1.28. The van der Waals surface area contributed by atoms with Gasteiger partial charge in [0.25, 0.3) is 5.91 Å². The van der Waals surface area contributed by atoms with E-state index in [9.17, 15) is 4.79 Å². The number of fused-ring (bicyclic) bond motifs is 1. The quantitative estimate of drug-likeness (QED) is 0.619. The minimum absolute atomic E-state index is 0.313. The van der Waals surface area contributed by atoms with Crippen LogP contribution in [0.3, 0.4) is 0 Å². The molecule has 0 bridgehead atoms. The van der Waals surface area contributed by atoms with Crippen LogP contribution in [0.15, 0.2) is 24.3 Å². The van der Waals surface area contributed by atoms with Gasteiger partial charge in [-0.05, 0) is 18.6 Å². The lowest BCUT2D eigenvalue weighted by Gasteiger charge is -2.14. The molecule has 3 rings (SSSR count). The van der Waals surface area contributed by atoms with Crippen LogP contribution in [-0.4, -0.2) is 32.2 Å². The zero-order valence-corrected chi connectivity index (χ0v) is 17.1. The summed E-state index contributed by atoms with van der Waals surface area (Å²) in [6.45, 7) is 2.10. The van der Waals surface area contributed by atoms with Crippen LogP contribution in [0, 0.1) is 0 Å². The molecule has 0 atom stereocenters. The van der Waals surface area contributed by atoms with Gasteiger partial charge < -0.3 is 25.3 Å². The van der Waals surface area contributed by atoms with Gasteiger partial charge in [0.05, 0.1) is 27.0 Å². The van der Waals surface area contributed by atoms with Gasteiger partial charge in [-0.3, -0.25) is 4.79 Å². The maximum atomic E-state index is 12.8. The molecule has 0 radical (unpaired) electrons. The number of carbonyl (C=O) groups excluding carboxylic acids is 1. The number of rotatable bonds is 7. The van der Waals surface area contributed by atoms with Crippen LogP contribution in [0.25, 0.3) is 10.2 Å². The van der Waals surface area contributed by atoms with Crippen LogP contribution in [-0.2, 0) is 6.42 Å². The van der Waals surface area contributed by atoms with Crippen molar-refractivity contribution in [3.05, 3.63) is 34.8 Å². The number of benzene rings is 1. The monoisotopic (exact) mass is 401 g/mol. The number of nitrogen functional groups attached to an aromatic ring is 1. The van der Waals surface area contributed by atoms with Crippen molar-refractivity contribution in [3.8, 4) is 17.2 Å². The van der Waals surface area contributed by atoms with E-state index >= 15 is 0 Å². The maximum absolute atomic E-state index is 12.8. The second-order valence-corrected chi connectivity index (χ2v) is 7.12. The Morgan fingerprint density at radius 1 is 1.14 bits per heavy atom. The molecular weight excluding hydrogens is 378 g/mol. The Labute approximate surface area is 167 Å². The van der Waals surface area contributed by atoms with E-state index < -0.39 is 0 Å². The fourth-order valence-corrected chi connectivity index (χ4v) is 3.95. The lowest BCUT2D eigenvalue weighted by atomic mass is 10.2. The zero-order valence-electron chi connectivity index (χ0n) is 16.3. The van der Waals surface area contributed by atoms with Crippen LogP contribution >= 0.6 is 11.3 Å². The first kappa shape index (κ1) is 19.8. The number of nitrogens with one attached hydrogen (secondary N) is 1. The molecular formula is C20H23N3O4S. The molecule has 0 unspecified atom stereocenters. The van der Waals surface area contributed by atoms with E-state index in [1.54, 1.807) is 12.1 Å². The summed E-state index contributed by atoms with van der Waals surface area (Å²) in [5.74, 6) is 1.04. The molecule has 0 saturated carbocycles. The van der Waals surface area contributed by atoms with E-state index in [1.807, 2.05) is 12.1 Å². The van der Waals surface area contributed by atoms with Crippen LogP contribution in [0.5, 0.6) is 17.2 Å². The summed E-state index contributed by atoms with van der Waals surface area (Å²) in [5.41, 5.74) is 8.15. The van der Waals surface area contributed by atoms with Crippen LogP contribution < -0.4 is 25.3 Å². The van der Waals surface area contributed by atoms with Crippen molar-refractivity contribution >= 4 is 38.8 Å². The Kier molecular flexibility index (Phi) is 5.89. The van der Waals surface area contributed by atoms with Crippen molar-refractivity contribution in [1.82, 2.24) is 4.98 Å². The number of carbonyl (C=O) groups is 1. The van der Waals surface area contributed by atoms with Gasteiger partial charge in [-0.1, -0.05) is 13.3 Å². The third kappa shape index (κ3) is 3.68. The van der Waals surface area contributed by atoms with E-state index in [1.165, 1.54) is 32.7 Å². The molecule has 148 valence electrons. The van der Waals surface area contributed by atoms with Crippen molar-refractivity contribution in [1.29, 1.82) is 0 Å². The Hall–Kier alpha value is -3.00. The van der Waals surface area contributed by atoms with Crippen molar-refractivity contribution < 1.29 is 19.0 Å². The number of nitrogens with zero attached hydrogens (tertiary/aromatic N) is 1. The second-order valence-electron chi connectivity index (χ2n) is 6.12. The standard InChI is InChI=1S/C20H23N3O4S/c1-5-6-11-7-8-13-16(21)18(28-20(13)23-11)19(24)22-12-9-14(25-2)17(27-4)15(10-12)26-3/h7-10H,5-6,21H2,1-4H3,(H,22,24). The normalized spacial score (nSPS) is 10.7. The van der Waals surface area contributed by atoms with Crippen molar-refractivity contribution in [2.75, 3.05) is 32.4 Å². The van der Waals surface area contributed by atoms with E-state index in [2.05, 4.69) is 17.2 Å². The summed E-state index contributed by atoms with van der Waals surface area (Å²) < 4.78 is 16.0. The van der Waals surface area contributed by atoms with E-state index in [-0.39, 0.29) is 5.91 Å². The predicted molar refractivity (Wildman–Crippen MR) is 112 cm³/mol. The maximum Gasteiger partial charge on any atom is 0.267 e. The Bertz CT molecular complexity index is 991. The molecule has 8 heteroatoms. The minimum atomic E-state index is -0.313. The molecule has 0 saturated heterocycles. The number of pyridine rings is 1. The summed E-state index contributed by atoms with van der Waals surface area (Å²) in [6.07, 6.45) is 1.90. The molecule has 1 amide bonds. The van der Waals surface area contributed by atoms with Crippen LogP contribution in [0.1, 0.15) is 28.7 Å². The zero-order chi connectivity index (χ0) is 20.3. The molecule has 1 aromatic carbocycles. The summed E-state index contributed by atoms with van der Waals surface area (Å²) in [6, 6.07) is 7.21. The molecule has 0 aliphatic carbocycles. The highest BCUT2D eigenvalue weighted by Gasteiger charge is 2.20. The van der Waals surface area contributed by atoms with Gasteiger partial charge in [0.2, 0.25) is 5.75 Å². The first-order valence-corrected chi connectivity index (χ1v) is 9.63. The number of ether oxygens (including phenoxy) is 3. The summed E-state index contributed by atoms with van der Waals surface area (Å²) in [7, 11) is 4.56. The summed E-state index contributed by atoms with van der Waals surface area (Å²) in [4.78, 5) is 18.6. The summed E-state index contributed by atoms with van der Waals surface area (Å²) in [5, 5.41) is 3.64. The molecule has 0 aliphatic rings. The highest BCUT2D eigenvalue weighted by Crippen LogP contribution is 2.40. The SMILES string of the molecule is CCCc1ccc2c(N)c(C(=O)Nc3cc(OC)c(OC)c(OC)c3)sc2n1. The topological polar surface area (TPSA) is 95.7 Å². The first-order valence-electron chi connectivity index (χ1n) is 8.81. The molecule has 3 N–H and O–H groups in total. The van der Waals surface area contributed by atoms with Gasteiger partial charge in [0, 0.05) is 28.9 Å². The number of thiophene rings is 1. The molecule has 3 aromatic rings. The van der Waals surface area contributed by atoms with Gasteiger partial charge in [-0.15, -0.1) is 11.3 Å². The highest BCUT2D eigenvalue weighted by atomic mass is 32.1. The predicted octanol–water partition coefficient (Wildman–Crippen LogP) is 4.11. The highest BCUT2D eigenvalue weighted by molar-refractivity contribution is 7.21. The number of anilines is 2. The number of hydrogen-bond acceptors (Lipinski definition) is 7. The Morgan fingerprint density at radius 2 is 1.82 bits per heavy atom. The minimum Gasteiger partial charge on any atom is -0.493 e. The van der Waals surface area contributed by atoms with Gasteiger partial charge in [0.15, 0.2) is 11.5 Å². The number of methoxy groups -OCH3 is 3. The van der Waals surface area contributed by atoms with E-state index in [0.717, 1.165) is 28.8 Å². The number of aryl methyl sites for hydroxylation is 1.